The van der Waals surface area contributed by atoms with Crippen molar-refractivity contribution in [3.63, 3.8) is 0 Å². The fraction of sp³-hybridized carbons (Fsp3) is 0.429. The van der Waals surface area contributed by atoms with Crippen molar-refractivity contribution < 1.29 is 9.53 Å². The van der Waals surface area contributed by atoms with Crippen molar-refractivity contribution in [3.8, 4) is 6.07 Å². The molecule has 5 heteroatoms. The highest BCUT2D eigenvalue weighted by atomic mass is 79.9. The number of carbonyl (C=O) groups is 1. The molecule has 0 saturated carbocycles. The van der Waals surface area contributed by atoms with Gasteiger partial charge in [-0.3, -0.25) is 0 Å². The van der Waals surface area contributed by atoms with Gasteiger partial charge in [-0.2, -0.15) is 5.26 Å². The van der Waals surface area contributed by atoms with Crippen LogP contribution in [0.4, 0.5) is 5.69 Å². The van der Waals surface area contributed by atoms with Gasteiger partial charge in [0, 0.05) is 10.2 Å². The molecular formula is C14H17BrN2O2. The second-order valence-electron chi connectivity index (χ2n) is 4.69. The summed E-state index contributed by atoms with van der Waals surface area (Å²) in [7, 11) is 1.37. The maximum Gasteiger partial charge on any atom is 0.328 e. The number of benzene rings is 1. The second-order valence-corrected chi connectivity index (χ2v) is 5.61. The summed E-state index contributed by atoms with van der Waals surface area (Å²) in [6, 6.07) is 6.93. The highest BCUT2D eigenvalue weighted by Gasteiger charge is 2.20. The average molecular weight is 325 g/mol. The largest absolute Gasteiger partial charge is 0.467 e. The molecule has 19 heavy (non-hydrogen) atoms. The number of esters is 1. The Morgan fingerprint density at radius 1 is 1.47 bits per heavy atom. The molecule has 0 spiro atoms. The van der Waals surface area contributed by atoms with E-state index in [2.05, 4.69) is 27.3 Å². The molecule has 1 aromatic rings. The molecule has 102 valence electrons. The molecule has 0 aromatic heterocycles. The SMILES string of the molecule is COC(=O)C(CC(C)C)Nc1cc(Br)cc(C#N)c1. The van der Waals surface area contributed by atoms with Gasteiger partial charge in [0.15, 0.2) is 0 Å². The highest BCUT2D eigenvalue weighted by molar-refractivity contribution is 9.10. The maximum absolute atomic E-state index is 11.7. The van der Waals surface area contributed by atoms with Crippen molar-refractivity contribution >= 4 is 27.6 Å². The van der Waals surface area contributed by atoms with Crippen molar-refractivity contribution in [1.29, 1.82) is 5.26 Å². The zero-order chi connectivity index (χ0) is 14.4. The summed E-state index contributed by atoms with van der Waals surface area (Å²) in [5.74, 6) is 0.0615. The summed E-state index contributed by atoms with van der Waals surface area (Å²) < 4.78 is 5.59. The summed E-state index contributed by atoms with van der Waals surface area (Å²) in [6.07, 6.45) is 0.668. The zero-order valence-electron chi connectivity index (χ0n) is 11.2. The smallest absolute Gasteiger partial charge is 0.328 e. The van der Waals surface area contributed by atoms with Crippen molar-refractivity contribution in [1.82, 2.24) is 0 Å². The van der Waals surface area contributed by atoms with Crippen LogP contribution >= 0.6 is 15.9 Å². The van der Waals surface area contributed by atoms with Crippen LogP contribution in [0.25, 0.3) is 0 Å². The molecular weight excluding hydrogens is 308 g/mol. The Balaban J connectivity index is 2.93. The quantitative estimate of drug-likeness (QED) is 0.844. The van der Waals surface area contributed by atoms with Gasteiger partial charge >= 0.3 is 5.97 Å². The number of hydrogen-bond acceptors (Lipinski definition) is 4. The van der Waals surface area contributed by atoms with E-state index in [0.717, 1.165) is 10.2 Å². The first-order valence-electron chi connectivity index (χ1n) is 6.01. The van der Waals surface area contributed by atoms with E-state index < -0.39 is 6.04 Å². The van der Waals surface area contributed by atoms with Crippen molar-refractivity contribution in [2.75, 3.05) is 12.4 Å². The van der Waals surface area contributed by atoms with E-state index in [4.69, 9.17) is 10.00 Å². The van der Waals surface area contributed by atoms with Gasteiger partial charge in [-0.05, 0) is 30.5 Å². The van der Waals surface area contributed by atoms with E-state index in [9.17, 15) is 4.79 Å². The van der Waals surface area contributed by atoms with Gasteiger partial charge in [0.2, 0.25) is 0 Å². The molecule has 4 nitrogen and oxygen atoms in total. The standard InChI is InChI=1S/C14H17BrN2O2/c1-9(2)4-13(14(18)19-3)17-12-6-10(8-16)5-11(15)7-12/h5-7,9,13,17H,4H2,1-3H3. The zero-order valence-corrected chi connectivity index (χ0v) is 12.8. The number of nitriles is 1. The molecule has 0 heterocycles. The summed E-state index contributed by atoms with van der Waals surface area (Å²) in [4.78, 5) is 11.7. The van der Waals surface area contributed by atoms with E-state index in [1.807, 2.05) is 19.9 Å². The van der Waals surface area contributed by atoms with Crippen LogP contribution in [0.5, 0.6) is 0 Å². The lowest BCUT2D eigenvalue weighted by Crippen LogP contribution is -2.32. The molecule has 0 aliphatic rings. The molecule has 1 rings (SSSR count). The number of carbonyl (C=O) groups excluding carboxylic acids is 1. The lowest BCUT2D eigenvalue weighted by molar-refractivity contribution is -0.141. The van der Waals surface area contributed by atoms with Crippen LogP contribution in [0.2, 0.25) is 0 Å². The van der Waals surface area contributed by atoms with Crippen LogP contribution in [-0.4, -0.2) is 19.1 Å². The van der Waals surface area contributed by atoms with E-state index >= 15 is 0 Å². The van der Waals surface area contributed by atoms with Gasteiger partial charge < -0.3 is 10.1 Å². The first kappa shape index (κ1) is 15.5. The summed E-state index contributed by atoms with van der Waals surface area (Å²) in [5.41, 5.74) is 1.26. The molecule has 0 aliphatic heterocycles. The molecule has 1 N–H and O–H groups in total. The lowest BCUT2D eigenvalue weighted by atomic mass is 10.0. The van der Waals surface area contributed by atoms with E-state index in [-0.39, 0.29) is 5.97 Å². The monoisotopic (exact) mass is 324 g/mol. The predicted molar refractivity (Wildman–Crippen MR) is 77.7 cm³/mol. The fourth-order valence-electron chi connectivity index (χ4n) is 1.77. The van der Waals surface area contributed by atoms with Gasteiger partial charge in [-0.15, -0.1) is 0 Å². The van der Waals surface area contributed by atoms with Crippen molar-refractivity contribution in [2.45, 2.75) is 26.3 Å². The van der Waals surface area contributed by atoms with Crippen molar-refractivity contribution in [3.05, 3.63) is 28.2 Å². The topological polar surface area (TPSA) is 62.1 Å². The summed E-state index contributed by atoms with van der Waals surface area (Å²) in [5, 5.41) is 12.1. The molecule has 1 aromatic carbocycles. The van der Waals surface area contributed by atoms with Crippen molar-refractivity contribution in [2.24, 2.45) is 5.92 Å². The molecule has 0 fully saturated rings. The molecule has 0 radical (unpaired) electrons. The van der Waals surface area contributed by atoms with E-state index in [0.29, 0.717) is 17.9 Å². The number of rotatable bonds is 5. The average Bonchev–Trinajstić information content (AvgIpc) is 2.35. The van der Waals surface area contributed by atoms with Crippen LogP contribution in [0, 0.1) is 17.2 Å². The summed E-state index contributed by atoms with van der Waals surface area (Å²) >= 11 is 3.34. The van der Waals surface area contributed by atoms with E-state index in [1.54, 1.807) is 12.1 Å². The highest BCUT2D eigenvalue weighted by Crippen LogP contribution is 2.21. The number of halogens is 1. The number of nitrogens with zero attached hydrogens (tertiary/aromatic N) is 1. The number of hydrogen-bond donors (Lipinski definition) is 1. The minimum Gasteiger partial charge on any atom is -0.467 e. The van der Waals surface area contributed by atoms with Gasteiger partial charge in [0.1, 0.15) is 6.04 Å². The molecule has 0 aliphatic carbocycles. The van der Waals surface area contributed by atoms with Crippen LogP contribution in [-0.2, 0) is 9.53 Å². The first-order chi connectivity index (χ1) is 8.96. The normalized spacial score (nSPS) is 11.8. The van der Waals surface area contributed by atoms with Crippen LogP contribution < -0.4 is 5.32 Å². The molecule has 0 saturated heterocycles. The Kier molecular flexibility index (Phi) is 5.84. The molecule has 0 amide bonds. The molecule has 0 bridgehead atoms. The third-order valence-electron chi connectivity index (χ3n) is 2.56. The predicted octanol–water partition coefficient (Wildman–Crippen LogP) is 3.32. The molecule has 1 atom stereocenters. The number of anilines is 1. The van der Waals surface area contributed by atoms with Crippen LogP contribution in [0.15, 0.2) is 22.7 Å². The number of nitrogens with one attached hydrogen (secondary N) is 1. The van der Waals surface area contributed by atoms with Gasteiger partial charge in [0.05, 0.1) is 18.7 Å². The Hall–Kier alpha value is -1.54. The lowest BCUT2D eigenvalue weighted by Gasteiger charge is -2.19. The van der Waals surface area contributed by atoms with Crippen LogP contribution in [0.1, 0.15) is 25.8 Å². The minimum atomic E-state index is -0.411. The van der Waals surface area contributed by atoms with E-state index in [1.165, 1.54) is 7.11 Å². The Labute approximate surface area is 121 Å². The van der Waals surface area contributed by atoms with Gasteiger partial charge in [-0.1, -0.05) is 29.8 Å². The molecule has 1 unspecified atom stereocenters. The Morgan fingerprint density at radius 3 is 2.68 bits per heavy atom. The third kappa shape index (κ3) is 4.92. The third-order valence-corrected chi connectivity index (χ3v) is 3.02. The maximum atomic E-state index is 11.7. The number of ether oxygens (including phenoxy) is 1. The summed E-state index contributed by atoms with van der Waals surface area (Å²) in [6.45, 7) is 4.08. The fourth-order valence-corrected chi connectivity index (χ4v) is 2.26. The number of methoxy groups -OCH3 is 1. The second kappa shape index (κ2) is 7.15. The minimum absolute atomic E-state index is 0.299. The van der Waals surface area contributed by atoms with Gasteiger partial charge in [0.25, 0.3) is 0 Å². The Bertz CT molecular complexity index is 495. The van der Waals surface area contributed by atoms with Crippen LogP contribution in [0.3, 0.4) is 0 Å². The Morgan fingerprint density at radius 2 is 2.16 bits per heavy atom. The van der Waals surface area contributed by atoms with Gasteiger partial charge in [-0.25, -0.2) is 4.79 Å². The first-order valence-corrected chi connectivity index (χ1v) is 6.80.